The molecular weight excluding hydrogens is 407 g/mol. The second-order valence-electron chi connectivity index (χ2n) is 6.71. The Balaban J connectivity index is 1.58. The van der Waals surface area contributed by atoms with Gasteiger partial charge in [-0.1, -0.05) is 6.07 Å². The Bertz CT molecular complexity index is 1110. The number of sulfonamides is 1. The minimum atomic E-state index is -4.36. The van der Waals surface area contributed by atoms with Crippen LogP contribution < -0.4 is 0 Å². The van der Waals surface area contributed by atoms with Crippen molar-refractivity contribution in [3.8, 4) is 11.5 Å². The molecule has 0 amide bonds. The molecule has 0 N–H and O–H groups in total. The van der Waals surface area contributed by atoms with E-state index in [1.807, 2.05) is 0 Å². The van der Waals surface area contributed by atoms with E-state index in [0.717, 1.165) is 22.5 Å². The van der Waals surface area contributed by atoms with Crippen molar-refractivity contribution < 1.29 is 26.0 Å². The molecule has 2 aromatic carbocycles. The summed E-state index contributed by atoms with van der Waals surface area (Å²) in [7, 11) is -4.36. The van der Waals surface area contributed by atoms with Crippen LogP contribution in [0.3, 0.4) is 0 Å². The van der Waals surface area contributed by atoms with Crippen LogP contribution >= 0.6 is 0 Å². The maximum absolute atomic E-state index is 14.0. The van der Waals surface area contributed by atoms with E-state index in [1.54, 1.807) is 0 Å². The van der Waals surface area contributed by atoms with Crippen molar-refractivity contribution in [3.63, 3.8) is 0 Å². The highest BCUT2D eigenvalue weighted by Gasteiger charge is 2.36. The standard InChI is InChI=1S/C19H16F3N3O3S/c20-14-8-6-12(7-9-14)18-23-24-19(28-18)13-3-2-10-25(11-13)29(26,27)17-15(21)4-1-5-16(17)22/h1,4-9,13H,2-3,10-11H2. The molecule has 0 saturated carbocycles. The smallest absolute Gasteiger partial charge is 0.248 e. The fourth-order valence-corrected chi connectivity index (χ4v) is 4.96. The topological polar surface area (TPSA) is 76.3 Å². The third-order valence-electron chi connectivity index (χ3n) is 4.78. The van der Waals surface area contributed by atoms with E-state index in [0.29, 0.717) is 18.4 Å². The monoisotopic (exact) mass is 423 g/mol. The van der Waals surface area contributed by atoms with Gasteiger partial charge in [0.15, 0.2) is 4.90 Å². The molecule has 10 heteroatoms. The lowest BCUT2D eigenvalue weighted by Crippen LogP contribution is -2.39. The molecule has 0 spiro atoms. The van der Waals surface area contributed by atoms with Gasteiger partial charge in [0.25, 0.3) is 0 Å². The molecule has 1 atom stereocenters. The number of nitrogens with zero attached hydrogens (tertiary/aromatic N) is 3. The second kappa shape index (κ2) is 7.60. The molecule has 6 nitrogen and oxygen atoms in total. The third-order valence-corrected chi connectivity index (χ3v) is 6.70. The Hall–Kier alpha value is -2.72. The van der Waals surface area contributed by atoms with Crippen LogP contribution in [0.2, 0.25) is 0 Å². The minimum Gasteiger partial charge on any atom is -0.420 e. The van der Waals surface area contributed by atoms with E-state index in [-0.39, 0.29) is 24.9 Å². The summed E-state index contributed by atoms with van der Waals surface area (Å²) in [6, 6.07) is 8.43. The van der Waals surface area contributed by atoms with Gasteiger partial charge in [0.05, 0.1) is 5.92 Å². The molecule has 4 rings (SSSR count). The zero-order valence-corrected chi connectivity index (χ0v) is 15.9. The van der Waals surface area contributed by atoms with Gasteiger partial charge in [0, 0.05) is 18.7 Å². The first-order valence-electron chi connectivity index (χ1n) is 8.90. The molecule has 0 radical (unpaired) electrons. The molecule has 2 heterocycles. The van der Waals surface area contributed by atoms with Crippen molar-refractivity contribution in [2.24, 2.45) is 0 Å². The second-order valence-corrected chi connectivity index (χ2v) is 8.58. The predicted octanol–water partition coefficient (Wildman–Crippen LogP) is 3.72. The van der Waals surface area contributed by atoms with Gasteiger partial charge in [0.1, 0.15) is 17.5 Å². The van der Waals surface area contributed by atoms with Crippen LogP contribution in [-0.4, -0.2) is 36.0 Å². The summed E-state index contributed by atoms with van der Waals surface area (Å²) >= 11 is 0. The van der Waals surface area contributed by atoms with Crippen molar-refractivity contribution in [1.82, 2.24) is 14.5 Å². The number of rotatable bonds is 4. The molecule has 152 valence electrons. The Labute approximate surface area is 165 Å². The minimum absolute atomic E-state index is 0.0405. The van der Waals surface area contributed by atoms with Crippen molar-refractivity contribution >= 4 is 10.0 Å². The van der Waals surface area contributed by atoms with E-state index in [9.17, 15) is 21.6 Å². The van der Waals surface area contributed by atoms with Crippen molar-refractivity contribution in [2.45, 2.75) is 23.7 Å². The van der Waals surface area contributed by atoms with E-state index >= 15 is 0 Å². The first-order valence-corrected chi connectivity index (χ1v) is 10.3. The first-order chi connectivity index (χ1) is 13.9. The summed E-state index contributed by atoms with van der Waals surface area (Å²) < 4.78 is 73.4. The molecule has 1 saturated heterocycles. The Morgan fingerprint density at radius 1 is 1.00 bits per heavy atom. The average molecular weight is 423 g/mol. The zero-order chi connectivity index (χ0) is 20.6. The molecule has 1 aliphatic rings. The highest BCUT2D eigenvalue weighted by atomic mass is 32.2. The van der Waals surface area contributed by atoms with Crippen LogP contribution in [0.15, 0.2) is 51.8 Å². The molecule has 1 aliphatic heterocycles. The molecule has 0 aliphatic carbocycles. The van der Waals surface area contributed by atoms with E-state index in [1.165, 1.54) is 24.3 Å². The van der Waals surface area contributed by atoms with Crippen molar-refractivity contribution in [1.29, 1.82) is 0 Å². The van der Waals surface area contributed by atoms with Crippen LogP contribution in [0.4, 0.5) is 13.2 Å². The first kappa shape index (κ1) is 19.6. The van der Waals surface area contributed by atoms with Crippen molar-refractivity contribution in [3.05, 3.63) is 65.8 Å². The molecule has 29 heavy (non-hydrogen) atoms. The maximum Gasteiger partial charge on any atom is 0.248 e. The van der Waals surface area contributed by atoms with Gasteiger partial charge in [-0.2, -0.15) is 4.31 Å². The van der Waals surface area contributed by atoms with E-state index < -0.39 is 38.3 Å². The van der Waals surface area contributed by atoms with Crippen LogP contribution in [0.25, 0.3) is 11.5 Å². The molecule has 1 fully saturated rings. The summed E-state index contributed by atoms with van der Waals surface area (Å²) in [5, 5.41) is 7.92. The highest BCUT2D eigenvalue weighted by molar-refractivity contribution is 7.89. The number of piperidine rings is 1. The van der Waals surface area contributed by atoms with Crippen LogP contribution in [-0.2, 0) is 10.0 Å². The third kappa shape index (κ3) is 3.77. The predicted molar refractivity (Wildman–Crippen MR) is 96.8 cm³/mol. The number of hydrogen-bond donors (Lipinski definition) is 0. The number of halogens is 3. The summed E-state index contributed by atoms with van der Waals surface area (Å²) in [6.45, 7) is 0.0900. The van der Waals surface area contributed by atoms with Gasteiger partial charge in [-0.15, -0.1) is 10.2 Å². The molecule has 1 unspecified atom stereocenters. The van der Waals surface area contributed by atoms with Gasteiger partial charge in [0.2, 0.25) is 21.8 Å². The Morgan fingerprint density at radius 2 is 1.69 bits per heavy atom. The van der Waals surface area contributed by atoms with Gasteiger partial charge in [-0.05, 0) is 49.2 Å². The zero-order valence-electron chi connectivity index (χ0n) is 15.1. The molecular formula is C19H16F3N3O3S. The van der Waals surface area contributed by atoms with Crippen LogP contribution in [0, 0.1) is 17.5 Å². The normalized spacial score (nSPS) is 18.1. The number of hydrogen-bond acceptors (Lipinski definition) is 5. The molecule has 0 bridgehead atoms. The summed E-state index contributed by atoms with van der Waals surface area (Å²) in [6.07, 6.45) is 1.05. The maximum atomic E-state index is 14.0. The molecule has 3 aromatic rings. The lowest BCUT2D eigenvalue weighted by molar-refractivity contribution is 0.284. The van der Waals surface area contributed by atoms with Gasteiger partial charge >= 0.3 is 0 Å². The quantitative estimate of drug-likeness (QED) is 0.639. The summed E-state index contributed by atoms with van der Waals surface area (Å²) in [4.78, 5) is -0.960. The fourth-order valence-electron chi connectivity index (χ4n) is 3.33. The number of aromatic nitrogens is 2. The lowest BCUT2D eigenvalue weighted by Gasteiger charge is -2.30. The largest absolute Gasteiger partial charge is 0.420 e. The summed E-state index contributed by atoms with van der Waals surface area (Å²) in [5.74, 6) is -2.69. The average Bonchev–Trinajstić information content (AvgIpc) is 3.19. The van der Waals surface area contributed by atoms with Crippen molar-refractivity contribution in [2.75, 3.05) is 13.1 Å². The lowest BCUT2D eigenvalue weighted by atomic mass is 10.00. The van der Waals surface area contributed by atoms with Gasteiger partial charge < -0.3 is 4.42 Å². The van der Waals surface area contributed by atoms with Crippen LogP contribution in [0.1, 0.15) is 24.7 Å². The van der Waals surface area contributed by atoms with E-state index in [2.05, 4.69) is 10.2 Å². The van der Waals surface area contributed by atoms with Gasteiger partial charge in [-0.25, -0.2) is 21.6 Å². The Morgan fingerprint density at radius 3 is 2.38 bits per heavy atom. The SMILES string of the molecule is O=S(=O)(c1c(F)cccc1F)N1CCCC(c2nnc(-c3ccc(F)cc3)o2)C1. The van der Waals surface area contributed by atoms with Gasteiger partial charge in [-0.3, -0.25) is 0 Å². The van der Waals surface area contributed by atoms with E-state index in [4.69, 9.17) is 4.42 Å². The van der Waals surface area contributed by atoms with Crippen LogP contribution in [0.5, 0.6) is 0 Å². The Kier molecular flexibility index (Phi) is 5.13. The fraction of sp³-hybridized carbons (Fsp3) is 0.263. The highest BCUT2D eigenvalue weighted by Crippen LogP contribution is 2.32. The number of benzene rings is 2. The summed E-state index contributed by atoms with van der Waals surface area (Å²) in [5.41, 5.74) is 0.527. The molecule has 1 aromatic heterocycles.